The van der Waals surface area contributed by atoms with Gasteiger partial charge in [0.2, 0.25) is 0 Å². The van der Waals surface area contributed by atoms with E-state index in [-0.39, 0.29) is 0 Å². The number of rotatable bonds is 9. The van der Waals surface area contributed by atoms with E-state index in [0.29, 0.717) is 31.7 Å². The zero-order valence-electron chi connectivity index (χ0n) is 18.5. The summed E-state index contributed by atoms with van der Waals surface area (Å²) in [6.07, 6.45) is 10.3. The van der Waals surface area contributed by atoms with Gasteiger partial charge < -0.3 is 19.3 Å². The van der Waals surface area contributed by atoms with E-state index in [4.69, 9.17) is 14.6 Å². The standard InChI is InChI=1S/C23H32N6O2/c1-4-18(17-27(2)3)9-13-31-23-24-21(28-11-14-30-15-12-28)16-22(25-23)29-10-8-20(26-29)19-6-5-7-19/h4,8,10,16-17,19H,1,5-7,9,11-15H2,2-3H3/b18-17+. The zero-order chi connectivity index (χ0) is 21.6. The highest BCUT2D eigenvalue weighted by atomic mass is 16.5. The van der Waals surface area contributed by atoms with Crippen LogP contribution in [0.1, 0.15) is 37.3 Å². The molecule has 8 heteroatoms. The van der Waals surface area contributed by atoms with Gasteiger partial charge in [0.05, 0.1) is 25.5 Å². The summed E-state index contributed by atoms with van der Waals surface area (Å²) in [5.41, 5.74) is 2.25. The number of nitrogens with zero attached hydrogens (tertiary/aromatic N) is 6. The first-order valence-corrected chi connectivity index (χ1v) is 11.0. The van der Waals surface area contributed by atoms with Gasteiger partial charge in [0.15, 0.2) is 5.82 Å². The van der Waals surface area contributed by atoms with Gasteiger partial charge in [-0.05, 0) is 24.5 Å². The Bertz CT molecular complexity index is 913. The molecule has 0 unspecified atom stereocenters. The second-order valence-electron chi connectivity index (χ2n) is 8.25. The maximum Gasteiger partial charge on any atom is 0.320 e. The van der Waals surface area contributed by atoms with Crippen molar-refractivity contribution in [3.8, 4) is 11.8 Å². The molecule has 3 heterocycles. The number of hydrogen-bond acceptors (Lipinski definition) is 7. The second-order valence-corrected chi connectivity index (χ2v) is 8.25. The molecule has 2 aromatic heterocycles. The lowest BCUT2D eigenvalue weighted by Gasteiger charge is -2.28. The summed E-state index contributed by atoms with van der Waals surface area (Å²) >= 11 is 0. The Hall–Kier alpha value is -2.87. The maximum absolute atomic E-state index is 5.97. The highest BCUT2D eigenvalue weighted by molar-refractivity contribution is 5.45. The molecule has 2 aliphatic rings. The van der Waals surface area contributed by atoms with Crippen molar-refractivity contribution in [3.63, 3.8) is 0 Å². The molecule has 1 saturated carbocycles. The van der Waals surface area contributed by atoms with E-state index in [0.717, 1.165) is 42.4 Å². The largest absolute Gasteiger partial charge is 0.463 e. The van der Waals surface area contributed by atoms with Crippen molar-refractivity contribution in [2.24, 2.45) is 0 Å². The van der Waals surface area contributed by atoms with Crippen LogP contribution in [0.2, 0.25) is 0 Å². The van der Waals surface area contributed by atoms with Gasteiger partial charge in [-0.25, -0.2) is 4.68 Å². The number of ether oxygens (including phenoxy) is 2. The summed E-state index contributed by atoms with van der Waals surface area (Å²) in [4.78, 5) is 13.5. The van der Waals surface area contributed by atoms with E-state index in [1.165, 1.54) is 19.3 Å². The molecule has 0 amide bonds. The summed E-state index contributed by atoms with van der Waals surface area (Å²) in [5.74, 6) is 2.15. The summed E-state index contributed by atoms with van der Waals surface area (Å²) in [5, 5.41) is 4.78. The lowest BCUT2D eigenvalue weighted by atomic mass is 9.83. The second kappa shape index (κ2) is 9.96. The fourth-order valence-electron chi connectivity index (χ4n) is 3.74. The average molecular weight is 425 g/mol. The molecule has 1 saturated heterocycles. The number of hydrogen-bond donors (Lipinski definition) is 0. The minimum atomic E-state index is 0.368. The minimum absolute atomic E-state index is 0.368. The van der Waals surface area contributed by atoms with Crippen LogP contribution >= 0.6 is 0 Å². The van der Waals surface area contributed by atoms with Crippen molar-refractivity contribution >= 4 is 5.82 Å². The van der Waals surface area contributed by atoms with Crippen molar-refractivity contribution in [1.82, 2.24) is 24.6 Å². The first kappa shape index (κ1) is 21.4. The molecule has 1 aliphatic heterocycles. The van der Waals surface area contributed by atoms with Gasteiger partial charge in [-0.15, -0.1) is 0 Å². The van der Waals surface area contributed by atoms with Crippen molar-refractivity contribution in [2.75, 3.05) is 51.9 Å². The molecule has 8 nitrogen and oxygen atoms in total. The molecular formula is C23H32N6O2. The van der Waals surface area contributed by atoms with E-state index in [9.17, 15) is 0 Å². The van der Waals surface area contributed by atoms with Gasteiger partial charge in [-0.2, -0.15) is 15.1 Å². The van der Waals surface area contributed by atoms with Crippen molar-refractivity contribution in [1.29, 1.82) is 0 Å². The van der Waals surface area contributed by atoms with Crippen LogP contribution in [0.5, 0.6) is 6.01 Å². The summed E-state index contributed by atoms with van der Waals surface area (Å²) in [6, 6.07) is 4.45. The Balaban J connectivity index is 1.54. The number of anilines is 1. The topological polar surface area (TPSA) is 68.5 Å². The van der Waals surface area contributed by atoms with Crippen molar-refractivity contribution in [3.05, 3.63) is 48.5 Å². The first-order chi connectivity index (χ1) is 15.1. The fraction of sp³-hybridized carbons (Fsp3) is 0.522. The first-order valence-electron chi connectivity index (χ1n) is 11.0. The predicted molar refractivity (Wildman–Crippen MR) is 121 cm³/mol. The average Bonchev–Trinajstić information content (AvgIpc) is 3.21. The molecule has 0 spiro atoms. The molecule has 0 aromatic carbocycles. The van der Waals surface area contributed by atoms with Gasteiger partial charge in [0.1, 0.15) is 5.82 Å². The third-order valence-electron chi connectivity index (χ3n) is 5.69. The van der Waals surface area contributed by atoms with Crippen LogP contribution in [0.3, 0.4) is 0 Å². The molecular weight excluding hydrogens is 392 g/mol. The van der Waals surface area contributed by atoms with Crippen LogP contribution in [-0.4, -0.2) is 71.7 Å². The summed E-state index contributed by atoms with van der Waals surface area (Å²) < 4.78 is 13.3. The minimum Gasteiger partial charge on any atom is -0.463 e. The molecule has 2 aromatic rings. The van der Waals surface area contributed by atoms with Crippen LogP contribution in [-0.2, 0) is 4.74 Å². The van der Waals surface area contributed by atoms with E-state index < -0.39 is 0 Å². The van der Waals surface area contributed by atoms with Crippen LogP contribution in [0.25, 0.3) is 5.82 Å². The van der Waals surface area contributed by atoms with Crippen LogP contribution in [0.15, 0.2) is 42.8 Å². The van der Waals surface area contributed by atoms with E-state index in [1.54, 1.807) is 0 Å². The third kappa shape index (κ3) is 5.44. The Morgan fingerprint density at radius 1 is 1.26 bits per heavy atom. The molecule has 0 radical (unpaired) electrons. The van der Waals surface area contributed by atoms with E-state index in [1.807, 2.05) is 48.2 Å². The molecule has 0 N–H and O–H groups in total. The predicted octanol–water partition coefficient (Wildman–Crippen LogP) is 3.17. The number of allylic oxidation sites excluding steroid dienone is 1. The summed E-state index contributed by atoms with van der Waals surface area (Å²) in [6.45, 7) is 7.35. The lowest BCUT2D eigenvalue weighted by Crippen LogP contribution is -2.37. The third-order valence-corrected chi connectivity index (χ3v) is 5.69. The molecule has 0 atom stereocenters. The molecule has 1 aliphatic carbocycles. The van der Waals surface area contributed by atoms with Gasteiger partial charge in [0, 0.05) is 58.0 Å². The smallest absolute Gasteiger partial charge is 0.320 e. The Kier molecular flexibility index (Phi) is 6.86. The van der Waals surface area contributed by atoms with Crippen LogP contribution in [0.4, 0.5) is 5.82 Å². The summed E-state index contributed by atoms with van der Waals surface area (Å²) in [7, 11) is 3.99. The SMILES string of the molecule is C=C/C(=C\N(C)C)CCOc1nc(N2CCOCC2)cc(-n2ccc(C3CCC3)n2)n1. The molecule has 4 rings (SSSR count). The van der Waals surface area contributed by atoms with Gasteiger partial charge in [0.25, 0.3) is 0 Å². The Labute approximate surface area is 184 Å². The van der Waals surface area contributed by atoms with Crippen molar-refractivity contribution < 1.29 is 9.47 Å². The quantitative estimate of drug-likeness (QED) is 0.573. The van der Waals surface area contributed by atoms with Gasteiger partial charge >= 0.3 is 6.01 Å². The molecule has 166 valence electrons. The Morgan fingerprint density at radius 3 is 2.71 bits per heavy atom. The monoisotopic (exact) mass is 424 g/mol. The van der Waals surface area contributed by atoms with Crippen LogP contribution < -0.4 is 9.64 Å². The van der Waals surface area contributed by atoms with Crippen molar-refractivity contribution in [2.45, 2.75) is 31.6 Å². The number of aromatic nitrogens is 4. The van der Waals surface area contributed by atoms with Gasteiger partial charge in [-0.1, -0.05) is 19.1 Å². The highest BCUT2D eigenvalue weighted by Crippen LogP contribution is 2.35. The van der Waals surface area contributed by atoms with E-state index in [2.05, 4.69) is 27.5 Å². The van der Waals surface area contributed by atoms with Crippen LogP contribution in [0, 0.1) is 0 Å². The molecule has 31 heavy (non-hydrogen) atoms. The fourth-order valence-corrected chi connectivity index (χ4v) is 3.74. The van der Waals surface area contributed by atoms with Gasteiger partial charge in [-0.3, -0.25) is 0 Å². The zero-order valence-corrected chi connectivity index (χ0v) is 18.5. The maximum atomic E-state index is 5.97. The highest BCUT2D eigenvalue weighted by Gasteiger charge is 2.22. The number of morpholine rings is 1. The normalized spacial score (nSPS) is 17.4. The lowest BCUT2D eigenvalue weighted by molar-refractivity contribution is 0.122. The Morgan fingerprint density at radius 2 is 2.03 bits per heavy atom. The molecule has 2 fully saturated rings. The van der Waals surface area contributed by atoms with E-state index >= 15 is 0 Å². The molecule has 0 bridgehead atoms.